The van der Waals surface area contributed by atoms with Crippen LogP contribution in [0.2, 0.25) is 0 Å². The van der Waals surface area contributed by atoms with Crippen LogP contribution >= 0.6 is 0 Å². The first-order valence-corrected chi connectivity index (χ1v) is 9.00. The molecule has 2 aromatic carbocycles. The number of rotatable bonds is 3. The Bertz CT molecular complexity index is 743. The van der Waals surface area contributed by atoms with E-state index in [2.05, 4.69) is 24.3 Å². The van der Waals surface area contributed by atoms with E-state index in [1.54, 1.807) is 4.90 Å². The van der Waals surface area contributed by atoms with Crippen molar-refractivity contribution < 1.29 is 14.6 Å². The van der Waals surface area contributed by atoms with E-state index in [0.717, 1.165) is 6.42 Å². The summed E-state index contributed by atoms with van der Waals surface area (Å²) in [6.45, 7) is 2.88. The summed E-state index contributed by atoms with van der Waals surface area (Å²) < 4.78 is 5.68. The van der Waals surface area contributed by atoms with Gasteiger partial charge in [-0.3, -0.25) is 0 Å². The van der Waals surface area contributed by atoms with Crippen molar-refractivity contribution in [1.82, 2.24) is 4.90 Å². The smallest absolute Gasteiger partial charge is 0.410 e. The third-order valence-corrected chi connectivity index (χ3v) is 5.50. The summed E-state index contributed by atoms with van der Waals surface area (Å²) in [5.41, 5.74) is 4.87. The lowest BCUT2D eigenvalue weighted by molar-refractivity contribution is 0.0731. The summed E-state index contributed by atoms with van der Waals surface area (Å²) in [5.74, 6) is 0.0731. The highest BCUT2D eigenvalue weighted by Crippen LogP contribution is 2.44. The van der Waals surface area contributed by atoms with Crippen LogP contribution in [0, 0.1) is 0 Å². The summed E-state index contributed by atoms with van der Waals surface area (Å²) in [5, 5.41) is 10.00. The van der Waals surface area contributed by atoms with Crippen molar-refractivity contribution in [3.63, 3.8) is 0 Å². The molecule has 1 N–H and O–H groups in total. The molecule has 130 valence electrons. The van der Waals surface area contributed by atoms with Gasteiger partial charge in [0.05, 0.1) is 12.1 Å². The van der Waals surface area contributed by atoms with Gasteiger partial charge in [-0.2, -0.15) is 0 Å². The van der Waals surface area contributed by atoms with Crippen LogP contribution in [0.15, 0.2) is 48.5 Å². The van der Waals surface area contributed by atoms with Gasteiger partial charge in [-0.1, -0.05) is 55.5 Å². The maximum absolute atomic E-state index is 12.5. The molecule has 4 rings (SSSR count). The number of aliphatic hydroxyl groups is 1. The Morgan fingerprint density at radius 1 is 1.12 bits per heavy atom. The zero-order valence-electron chi connectivity index (χ0n) is 14.4. The van der Waals surface area contributed by atoms with Gasteiger partial charge in [0.25, 0.3) is 0 Å². The Balaban J connectivity index is 1.53. The van der Waals surface area contributed by atoms with Crippen LogP contribution in [0.25, 0.3) is 11.1 Å². The van der Waals surface area contributed by atoms with Crippen LogP contribution in [0.5, 0.6) is 0 Å². The summed E-state index contributed by atoms with van der Waals surface area (Å²) in [4.78, 5) is 14.2. The number of aliphatic hydroxyl groups excluding tert-OH is 1. The van der Waals surface area contributed by atoms with Crippen LogP contribution in [-0.4, -0.2) is 41.4 Å². The van der Waals surface area contributed by atoms with E-state index in [1.807, 2.05) is 31.2 Å². The Morgan fingerprint density at radius 2 is 1.72 bits per heavy atom. The van der Waals surface area contributed by atoms with E-state index < -0.39 is 6.10 Å². The molecule has 1 heterocycles. The zero-order chi connectivity index (χ0) is 17.4. The molecule has 2 aliphatic rings. The normalized spacial score (nSPS) is 21.9. The summed E-state index contributed by atoms with van der Waals surface area (Å²) in [7, 11) is 0. The average Bonchev–Trinajstić information content (AvgIpc) is 3.18. The third kappa shape index (κ3) is 2.71. The molecule has 1 fully saturated rings. The highest BCUT2D eigenvalue weighted by atomic mass is 16.6. The predicted octanol–water partition coefficient (Wildman–Crippen LogP) is 3.78. The lowest BCUT2D eigenvalue weighted by atomic mass is 9.98. The minimum Gasteiger partial charge on any atom is -0.448 e. The van der Waals surface area contributed by atoms with Gasteiger partial charge in [-0.05, 0) is 35.1 Å². The molecule has 2 atom stereocenters. The van der Waals surface area contributed by atoms with E-state index in [0.29, 0.717) is 19.6 Å². The van der Waals surface area contributed by atoms with Gasteiger partial charge in [-0.15, -0.1) is 0 Å². The number of nitrogens with zero attached hydrogens (tertiary/aromatic N) is 1. The Morgan fingerprint density at radius 3 is 2.32 bits per heavy atom. The van der Waals surface area contributed by atoms with E-state index in [9.17, 15) is 9.90 Å². The summed E-state index contributed by atoms with van der Waals surface area (Å²) >= 11 is 0. The van der Waals surface area contributed by atoms with Gasteiger partial charge in [-0.25, -0.2) is 4.79 Å². The minimum atomic E-state index is -0.439. The van der Waals surface area contributed by atoms with Crippen LogP contribution in [0.1, 0.15) is 36.8 Å². The first kappa shape index (κ1) is 16.2. The second-order valence-corrected chi connectivity index (χ2v) is 6.83. The zero-order valence-corrected chi connectivity index (χ0v) is 14.4. The monoisotopic (exact) mass is 337 g/mol. The standard InChI is InChI=1S/C21H23NO3/c1-2-19-20(23)11-12-22(19)21(24)25-13-18-16-9-5-3-7-14(16)15-8-4-6-10-17(15)18/h3-10,18-20,23H,2,11-13H2,1H3/t19-,20-/m0/s1. The first-order chi connectivity index (χ1) is 12.2. The molecule has 0 bridgehead atoms. The molecular formula is C21H23NO3. The van der Waals surface area contributed by atoms with Crippen molar-refractivity contribution >= 4 is 6.09 Å². The predicted molar refractivity (Wildman–Crippen MR) is 96.5 cm³/mol. The number of carbonyl (C=O) groups is 1. The molecule has 1 saturated heterocycles. The summed E-state index contributed by atoms with van der Waals surface area (Å²) in [6, 6.07) is 16.5. The molecule has 1 aliphatic carbocycles. The van der Waals surface area contributed by atoms with Gasteiger partial charge >= 0.3 is 6.09 Å². The van der Waals surface area contributed by atoms with Crippen LogP contribution in [-0.2, 0) is 4.74 Å². The largest absolute Gasteiger partial charge is 0.448 e. The maximum Gasteiger partial charge on any atom is 0.410 e. The van der Waals surface area contributed by atoms with Crippen molar-refractivity contribution in [2.24, 2.45) is 0 Å². The molecule has 4 nitrogen and oxygen atoms in total. The molecule has 1 aliphatic heterocycles. The van der Waals surface area contributed by atoms with Crippen LogP contribution in [0.4, 0.5) is 4.79 Å². The number of amides is 1. The molecule has 0 unspecified atom stereocenters. The van der Waals surface area contributed by atoms with Crippen LogP contribution in [0.3, 0.4) is 0 Å². The van der Waals surface area contributed by atoms with E-state index in [1.165, 1.54) is 22.3 Å². The first-order valence-electron chi connectivity index (χ1n) is 9.00. The van der Waals surface area contributed by atoms with E-state index in [4.69, 9.17) is 4.74 Å². The van der Waals surface area contributed by atoms with Gasteiger partial charge in [0, 0.05) is 12.5 Å². The van der Waals surface area contributed by atoms with Gasteiger partial charge < -0.3 is 14.7 Å². The molecule has 0 spiro atoms. The quantitative estimate of drug-likeness (QED) is 0.927. The molecule has 2 aromatic rings. The Labute approximate surface area is 148 Å². The van der Waals surface area contributed by atoms with Crippen LogP contribution < -0.4 is 0 Å². The number of hydrogen-bond donors (Lipinski definition) is 1. The SMILES string of the molecule is CC[C@H]1[C@@H](O)CCN1C(=O)OCC1c2ccccc2-c2ccccc21. The number of carbonyl (C=O) groups excluding carboxylic acids is 1. The molecular weight excluding hydrogens is 314 g/mol. The lowest BCUT2D eigenvalue weighted by Gasteiger charge is -2.25. The molecule has 4 heteroatoms. The van der Waals surface area contributed by atoms with Gasteiger partial charge in [0.15, 0.2) is 0 Å². The van der Waals surface area contributed by atoms with Gasteiger partial charge in [0.2, 0.25) is 0 Å². The second-order valence-electron chi connectivity index (χ2n) is 6.83. The fourth-order valence-electron chi connectivity index (χ4n) is 4.23. The molecule has 1 amide bonds. The average molecular weight is 337 g/mol. The topological polar surface area (TPSA) is 49.8 Å². The maximum atomic E-state index is 12.5. The Hall–Kier alpha value is -2.33. The number of benzene rings is 2. The van der Waals surface area contributed by atoms with E-state index >= 15 is 0 Å². The molecule has 0 aromatic heterocycles. The number of hydrogen-bond acceptors (Lipinski definition) is 3. The van der Waals surface area contributed by atoms with E-state index in [-0.39, 0.29) is 18.1 Å². The molecule has 0 saturated carbocycles. The third-order valence-electron chi connectivity index (χ3n) is 5.50. The van der Waals surface area contributed by atoms with Crippen molar-refractivity contribution in [2.75, 3.05) is 13.2 Å². The molecule has 0 radical (unpaired) electrons. The second kappa shape index (κ2) is 6.52. The van der Waals surface area contributed by atoms with Crippen molar-refractivity contribution in [3.8, 4) is 11.1 Å². The number of ether oxygens (including phenoxy) is 1. The van der Waals surface area contributed by atoms with Crippen molar-refractivity contribution in [3.05, 3.63) is 59.7 Å². The Kier molecular flexibility index (Phi) is 4.22. The minimum absolute atomic E-state index is 0.0731. The summed E-state index contributed by atoms with van der Waals surface area (Å²) in [6.07, 6.45) is 0.615. The van der Waals surface area contributed by atoms with Gasteiger partial charge in [0.1, 0.15) is 6.61 Å². The highest BCUT2D eigenvalue weighted by Gasteiger charge is 2.36. The lowest BCUT2D eigenvalue weighted by Crippen LogP contribution is -2.39. The van der Waals surface area contributed by atoms with Crippen molar-refractivity contribution in [1.29, 1.82) is 0 Å². The fraction of sp³-hybridized carbons (Fsp3) is 0.381. The highest BCUT2D eigenvalue weighted by molar-refractivity contribution is 5.79. The fourth-order valence-corrected chi connectivity index (χ4v) is 4.23. The van der Waals surface area contributed by atoms with Crippen molar-refractivity contribution in [2.45, 2.75) is 37.8 Å². The molecule has 25 heavy (non-hydrogen) atoms. The number of fused-ring (bicyclic) bond motifs is 3. The number of likely N-dealkylation sites (tertiary alicyclic amines) is 1.